The fourth-order valence-electron chi connectivity index (χ4n) is 3.18. The Hall–Kier alpha value is -2.12. The van der Waals surface area contributed by atoms with Gasteiger partial charge >= 0.3 is 0 Å². The number of anilines is 1. The van der Waals surface area contributed by atoms with Crippen LogP contribution >= 0.6 is 23.1 Å². The van der Waals surface area contributed by atoms with E-state index in [1.807, 2.05) is 37.4 Å². The van der Waals surface area contributed by atoms with Crippen molar-refractivity contribution in [3.8, 4) is 0 Å². The van der Waals surface area contributed by atoms with Crippen LogP contribution in [0.5, 0.6) is 0 Å². The number of aromatic nitrogens is 2. The number of benzene rings is 1. The van der Waals surface area contributed by atoms with Crippen LogP contribution in [0, 0.1) is 6.92 Å². The summed E-state index contributed by atoms with van der Waals surface area (Å²) in [6.07, 6.45) is 2.73. The number of hydrogen-bond acceptors (Lipinski definition) is 5. The molecule has 1 N–H and O–H groups in total. The average Bonchev–Trinajstić information content (AvgIpc) is 3.08. The van der Waals surface area contributed by atoms with Crippen LogP contribution in [0.1, 0.15) is 42.7 Å². The largest absolute Gasteiger partial charge is 0.324 e. The van der Waals surface area contributed by atoms with Crippen LogP contribution in [-0.2, 0) is 17.8 Å². The third-order valence-electron chi connectivity index (χ3n) is 4.69. The minimum atomic E-state index is -0.222. The summed E-state index contributed by atoms with van der Waals surface area (Å²) in [5.74, 6) is 0.0664. The molecule has 0 atom stereocenters. The van der Waals surface area contributed by atoms with Gasteiger partial charge < -0.3 is 5.32 Å². The third-order valence-corrected chi connectivity index (χ3v) is 6.54. The molecule has 0 saturated carbocycles. The summed E-state index contributed by atoms with van der Waals surface area (Å²) in [6, 6.07) is 7.90. The van der Waals surface area contributed by atoms with Crippen LogP contribution in [0.2, 0.25) is 0 Å². The Balaban J connectivity index is 1.96. The van der Waals surface area contributed by atoms with E-state index in [1.165, 1.54) is 27.7 Å². The van der Waals surface area contributed by atoms with Crippen molar-refractivity contribution in [3.05, 3.63) is 50.6 Å². The zero-order chi connectivity index (χ0) is 20.4. The van der Waals surface area contributed by atoms with Crippen LogP contribution in [0.25, 0.3) is 10.2 Å². The van der Waals surface area contributed by atoms with Gasteiger partial charge in [0.05, 0.1) is 5.39 Å². The maximum atomic E-state index is 13.0. The van der Waals surface area contributed by atoms with Gasteiger partial charge in [0.2, 0.25) is 5.91 Å². The fourth-order valence-corrected chi connectivity index (χ4v) is 4.75. The highest BCUT2D eigenvalue weighted by Crippen LogP contribution is 2.28. The first-order valence-electron chi connectivity index (χ1n) is 9.32. The molecule has 28 heavy (non-hydrogen) atoms. The van der Waals surface area contributed by atoms with E-state index in [1.54, 1.807) is 0 Å². The van der Waals surface area contributed by atoms with Gasteiger partial charge in [-0.3, -0.25) is 14.2 Å². The van der Waals surface area contributed by atoms with Gasteiger partial charge in [-0.05, 0) is 42.7 Å². The molecule has 3 rings (SSSR count). The number of thioether (sulfide) groups is 1. The first-order chi connectivity index (χ1) is 13.3. The van der Waals surface area contributed by atoms with E-state index in [4.69, 9.17) is 0 Å². The molecule has 0 radical (unpaired) electrons. The summed E-state index contributed by atoms with van der Waals surface area (Å²) in [7, 11) is 0. The number of carbonyl (C=O) groups excluding carboxylic acids is 1. The SMILES string of the molecule is CCc1cc2c(=O)n(CC(=O)Nc3c(C)cccc3C(C)C)c(SC)nc2s1. The number of carbonyl (C=O) groups is 1. The number of nitrogens with zero attached hydrogens (tertiary/aromatic N) is 2. The first-order valence-corrected chi connectivity index (χ1v) is 11.4. The van der Waals surface area contributed by atoms with Gasteiger partial charge in [-0.15, -0.1) is 11.3 Å². The molecule has 0 spiro atoms. The summed E-state index contributed by atoms with van der Waals surface area (Å²) in [5.41, 5.74) is 2.77. The Morgan fingerprint density at radius 1 is 1.36 bits per heavy atom. The Morgan fingerprint density at radius 3 is 2.75 bits per heavy atom. The zero-order valence-corrected chi connectivity index (χ0v) is 18.5. The highest BCUT2D eigenvalue weighted by Gasteiger charge is 2.17. The molecule has 2 aromatic heterocycles. The lowest BCUT2D eigenvalue weighted by Gasteiger charge is -2.17. The lowest BCUT2D eigenvalue weighted by Crippen LogP contribution is -2.29. The number of thiophene rings is 1. The van der Waals surface area contributed by atoms with Gasteiger partial charge in [-0.2, -0.15) is 0 Å². The molecule has 0 fully saturated rings. The molecule has 0 aliphatic rings. The second kappa shape index (κ2) is 8.49. The van der Waals surface area contributed by atoms with E-state index < -0.39 is 0 Å². The minimum absolute atomic E-state index is 0.0544. The molecule has 0 bridgehead atoms. The fraction of sp³-hybridized carbons (Fsp3) is 0.381. The second-order valence-electron chi connectivity index (χ2n) is 7.02. The molecule has 0 unspecified atom stereocenters. The number of hydrogen-bond donors (Lipinski definition) is 1. The predicted octanol–water partition coefficient (Wildman–Crippen LogP) is 4.81. The molecule has 1 aromatic carbocycles. The second-order valence-corrected chi connectivity index (χ2v) is 8.91. The van der Waals surface area contributed by atoms with Gasteiger partial charge in [0.15, 0.2) is 5.16 Å². The van der Waals surface area contributed by atoms with E-state index in [0.717, 1.165) is 32.9 Å². The Labute approximate surface area is 173 Å². The highest BCUT2D eigenvalue weighted by molar-refractivity contribution is 7.98. The lowest BCUT2D eigenvalue weighted by atomic mass is 9.98. The number of para-hydroxylation sites is 1. The molecular formula is C21H25N3O2S2. The number of amides is 1. The van der Waals surface area contributed by atoms with Crippen LogP contribution in [0.3, 0.4) is 0 Å². The summed E-state index contributed by atoms with van der Waals surface area (Å²) >= 11 is 2.92. The molecule has 148 valence electrons. The van der Waals surface area contributed by atoms with E-state index in [9.17, 15) is 9.59 Å². The minimum Gasteiger partial charge on any atom is -0.324 e. The first kappa shape index (κ1) is 20.6. The number of rotatable bonds is 6. The molecule has 1 amide bonds. The summed E-state index contributed by atoms with van der Waals surface area (Å²) in [5, 5.41) is 4.17. The normalized spacial score (nSPS) is 11.4. The van der Waals surface area contributed by atoms with E-state index in [0.29, 0.717) is 10.5 Å². The van der Waals surface area contributed by atoms with Crippen LogP contribution in [0.4, 0.5) is 5.69 Å². The standard InChI is InChI=1S/C21H25N3O2S2/c1-6-14-10-16-19(28-14)23-21(27-5)24(20(16)26)11-17(25)22-18-13(4)8-7-9-15(18)12(2)3/h7-10,12H,6,11H2,1-5H3,(H,22,25). The molecule has 7 heteroatoms. The molecule has 2 heterocycles. The maximum Gasteiger partial charge on any atom is 0.263 e. The molecule has 3 aromatic rings. The van der Waals surface area contributed by atoms with Crippen LogP contribution in [-0.4, -0.2) is 21.7 Å². The van der Waals surface area contributed by atoms with Crippen molar-refractivity contribution in [2.24, 2.45) is 0 Å². The monoisotopic (exact) mass is 415 g/mol. The number of nitrogens with one attached hydrogen (secondary N) is 1. The molecular weight excluding hydrogens is 390 g/mol. The van der Waals surface area contributed by atoms with Gasteiger partial charge in [0.1, 0.15) is 11.4 Å². The zero-order valence-electron chi connectivity index (χ0n) is 16.8. The Morgan fingerprint density at radius 2 is 2.11 bits per heavy atom. The number of fused-ring (bicyclic) bond motifs is 1. The Bertz CT molecular complexity index is 1080. The van der Waals surface area contributed by atoms with Crippen molar-refractivity contribution in [2.45, 2.75) is 51.7 Å². The van der Waals surface area contributed by atoms with Crippen molar-refractivity contribution < 1.29 is 4.79 Å². The third kappa shape index (κ3) is 4.00. The summed E-state index contributed by atoms with van der Waals surface area (Å²) in [4.78, 5) is 32.3. The van der Waals surface area contributed by atoms with Crippen molar-refractivity contribution in [1.29, 1.82) is 0 Å². The van der Waals surface area contributed by atoms with Crippen molar-refractivity contribution in [3.63, 3.8) is 0 Å². The van der Waals surface area contributed by atoms with Crippen LogP contribution in [0.15, 0.2) is 34.2 Å². The summed E-state index contributed by atoms with van der Waals surface area (Å²) < 4.78 is 1.47. The smallest absolute Gasteiger partial charge is 0.263 e. The topological polar surface area (TPSA) is 64.0 Å². The quantitative estimate of drug-likeness (QED) is 0.463. The van der Waals surface area contributed by atoms with E-state index in [-0.39, 0.29) is 23.9 Å². The summed E-state index contributed by atoms with van der Waals surface area (Å²) in [6.45, 7) is 8.18. The Kier molecular flexibility index (Phi) is 6.25. The molecule has 5 nitrogen and oxygen atoms in total. The van der Waals surface area contributed by atoms with E-state index >= 15 is 0 Å². The van der Waals surface area contributed by atoms with Crippen molar-refractivity contribution in [2.75, 3.05) is 11.6 Å². The van der Waals surface area contributed by atoms with Crippen LogP contribution < -0.4 is 10.9 Å². The van der Waals surface area contributed by atoms with Gasteiger partial charge in [-0.25, -0.2) is 4.98 Å². The van der Waals surface area contributed by atoms with Gasteiger partial charge in [0.25, 0.3) is 5.56 Å². The highest BCUT2D eigenvalue weighted by atomic mass is 32.2. The lowest BCUT2D eigenvalue weighted by molar-refractivity contribution is -0.116. The van der Waals surface area contributed by atoms with Gasteiger partial charge in [-0.1, -0.05) is 50.7 Å². The van der Waals surface area contributed by atoms with Gasteiger partial charge in [0, 0.05) is 10.6 Å². The predicted molar refractivity (Wildman–Crippen MR) is 119 cm³/mol. The molecule has 0 aliphatic carbocycles. The molecule has 0 aliphatic heterocycles. The van der Waals surface area contributed by atoms with E-state index in [2.05, 4.69) is 31.1 Å². The van der Waals surface area contributed by atoms with Crippen molar-refractivity contribution in [1.82, 2.24) is 9.55 Å². The molecule has 0 saturated heterocycles. The maximum absolute atomic E-state index is 13.0. The van der Waals surface area contributed by atoms with Crippen molar-refractivity contribution >= 4 is 44.9 Å². The average molecular weight is 416 g/mol. The number of aryl methyl sites for hydroxylation is 2.